The molecular weight excluding hydrogens is 492 g/mol. The number of carbonyl (C=O) groups is 1. The van der Waals surface area contributed by atoms with Gasteiger partial charge in [0, 0.05) is 11.6 Å². The SMILES string of the molecule is C=C1CCC2[C@](C)(CO)[C@H](O)CC[C@]2(C)[C@H]1CC(C1=CCOC1=O)n1cc(Br)c(=O)[nH]c1=O. The first kappa shape index (κ1) is 24.2. The number of aromatic amines is 1. The highest BCUT2D eigenvalue weighted by Crippen LogP contribution is 2.62. The normalized spacial score (nSPS) is 35.1. The van der Waals surface area contributed by atoms with E-state index in [1.54, 1.807) is 6.08 Å². The second kappa shape index (κ2) is 8.67. The van der Waals surface area contributed by atoms with Gasteiger partial charge in [-0.15, -0.1) is 0 Å². The molecule has 4 rings (SSSR count). The summed E-state index contributed by atoms with van der Waals surface area (Å²) in [5, 5.41) is 21.0. The number of cyclic esters (lactones) is 1. The predicted molar refractivity (Wildman–Crippen MR) is 126 cm³/mol. The fourth-order valence-electron chi connectivity index (χ4n) is 6.59. The van der Waals surface area contributed by atoms with Crippen molar-refractivity contribution in [3.05, 3.63) is 55.3 Å². The number of nitrogens with zero attached hydrogens (tertiary/aromatic N) is 1. The van der Waals surface area contributed by atoms with E-state index in [2.05, 4.69) is 34.4 Å². The molecule has 2 fully saturated rings. The van der Waals surface area contributed by atoms with Gasteiger partial charge >= 0.3 is 11.7 Å². The van der Waals surface area contributed by atoms with Crippen LogP contribution in [0.25, 0.3) is 0 Å². The summed E-state index contributed by atoms with van der Waals surface area (Å²) < 4.78 is 6.73. The zero-order valence-electron chi connectivity index (χ0n) is 19.0. The summed E-state index contributed by atoms with van der Waals surface area (Å²) in [4.78, 5) is 39.6. The minimum atomic E-state index is -0.648. The highest BCUT2D eigenvalue weighted by atomic mass is 79.9. The number of esters is 1. The Morgan fingerprint density at radius 1 is 1.33 bits per heavy atom. The van der Waals surface area contributed by atoms with Gasteiger partial charge in [-0.25, -0.2) is 9.59 Å². The topological polar surface area (TPSA) is 122 Å². The molecule has 1 aliphatic heterocycles. The van der Waals surface area contributed by atoms with Crippen LogP contribution in [0.15, 0.2) is 44.1 Å². The second-order valence-corrected chi connectivity index (χ2v) is 11.0. The van der Waals surface area contributed by atoms with Crippen molar-refractivity contribution >= 4 is 21.9 Å². The monoisotopic (exact) mass is 522 g/mol. The van der Waals surface area contributed by atoms with Crippen molar-refractivity contribution in [2.24, 2.45) is 22.7 Å². The molecule has 1 aromatic heterocycles. The molecule has 0 radical (unpaired) electrons. The van der Waals surface area contributed by atoms with Crippen molar-refractivity contribution in [1.82, 2.24) is 9.55 Å². The van der Waals surface area contributed by atoms with Gasteiger partial charge in [-0.05, 0) is 71.4 Å². The van der Waals surface area contributed by atoms with Gasteiger partial charge in [-0.3, -0.25) is 14.3 Å². The van der Waals surface area contributed by atoms with Crippen LogP contribution in [0, 0.1) is 22.7 Å². The summed E-state index contributed by atoms with van der Waals surface area (Å²) >= 11 is 3.19. The molecule has 0 spiro atoms. The average molecular weight is 523 g/mol. The first-order chi connectivity index (χ1) is 15.5. The van der Waals surface area contributed by atoms with Crippen molar-refractivity contribution < 1.29 is 19.7 Å². The molecule has 1 aromatic rings. The Labute approximate surface area is 200 Å². The fraction of sp³-hybridized carbons (Fsp3) is 0.625. The third-order valence-corrected chi connectivity index (χ3v) is 9.09. The number of halogens is 1. The first-order valence-corrected chi connectivity index (χ1v) is 12.2. The van der Waals surface area contributed by atoms with E-state index in [9.17, 15) is 24.6 Å². The highest BCUT2D eigenvalue weighted by molar-refractivity contribution is 9.10. The lowest BCUT2D eigenvalue weighted by molar-refractivity contribution is -0.153. The Hall–Kier alpha value is -1.97. The predicted octanol–water partition coefficient (Wildman–Crippen LogP) is 2.46. The Bertz CT molecular complexity index is 1120. The van der Waals surface area contributed by atoms with Gasteiger partial charge in [0.2, 0.25) is 0 Å². The van der Waals surface area contributed by atoms with Crippen LogP contribution in [-0.4, -0.2) is 45.1 Å². The van der Waals surface area contributed by atoms with Crippen LogP contribution in [-0.2, 0) is 9.53 Å². The molecule has 9 heteroatoms. The summed E-state index contributed by atoms with van der Waals surface area (Å²) in [6, 6.07) is -0.648. The summed E-state index contributed by atoms with van der Waals surface area (Å²) in [7, 11) is 0. The van der Waals surface area contributed by atoms with Crippen LogP contribution < -0.4 is 11.2 Å². The fourth-order valence-corrected chi connectivity index (χ4v) is 6.91. The average Bonchev–Trinajstić information content (AvgIpc) is 3.19. The molecule has 2 saturated carbocycles. The standard InChI is InChI=1S/C24H31BrN2O6/c1-13-4-5-18-23(2,8-6-19(29)24(18,3)12-28)15(13)10-17(14-7-9-33-21(14)31)27-11-16(25)20(30)26-22(27)32/h7,11,15,17-19,28-29H,1,4-6,8-10,12H2,2-3H3,(H,26,30,32)/t15-,17?,18?,19+,23+,24-/m0/s1. The van der Waals surface area contributed by atoms with E-state index in [-0.39, 0.29) is 34.9 Å². The lowest BCUT2D eigenvalue weighted by atomic mass is 9.46. The minimum Gasteiger partial charge on any atom is -0.458 e. The van der Waals surface area contributed by atoms with Gasteiger partial charge < -0.3 is 14.9 Å². The van der Waals surface area contributed by atoms with E-state index >= 15 is 0 Å². The number of ether oxygens (including phenoxy) is 1. The molecule has 3 N–H and O–H groups in total. The van der Waals surface area contributed by atoms with Crippen LogP contribution in [0.3, 0.4) is 0 Å². The number of nitrogens with one attached hydrogen (secondary N) is 1. The Morgan fingerprint density at radius 3 is 2.70 bits per heavy atom. The molecule has 0 amide bonds. The number of fused-ring (bicyclic) bond motifs is 1. The second-order valence-electron chi connectivity index (χ2n) is 10.2. The maximum absolute atomic E-state index is 12.8. The molecule has 8 nitrogen and oxygen atoms in total. The first-order valence-electron chi connectivity index (χ1n) is 11.4. The summed E-state index contributed by atoms with van der Waals surface area (Å²) in [6.45, 7) is 8.51. The van der Waals surface area contributed by atoms with Gasteiger partial charge in [0.25, 0.3) is 5.56 Å². The van der Waals surface area contributed by atoms with Crippen LogP contribution in [0.4, 0.5) is 0 Å². The molecule has 2 unspecified atom stereocenters. The Balaban J connectivity index is 1.79. The Kier molecular flexibility index (Phi) is 6.35. The van der Waals surface area contributed by atoms with Crippen molar-refractivity contribution in [3.63, 3.8) is 0 Å². The summed E-state index contributed by atoms with van der Waals surface area (Å²) in [5.74, 6) is -0.485. The maximum Gasteiger partial charge on any atom is 0.336 e. The number of carbonyl (C=O) groups excluding carboxylic acids is 1. The van der Waals surface area contributed by atoms with E-state index in [0.29, 0.717) is 18.4 Å². The van der Waals surface area contributed by atoms with E-state index in [1.165, 1.54) is 10.8 Å². The van der Waals surface area contributed by atoms with Gasteiger partial charge in [-0.1, -0.05) is 26.0 Å². The summed E-state index contributed by atoms with van der Waals surface area (Å²) in [5.41, 5.74) is -0.626. The Morgan fingerprint density at radius 2 is 2.06 bits per heavy atom. The largest absolute Gasteiger partial charge is 0.458 e. The number of aliphatic hydroxyl groups excluding tert-OH is 2. The third kappa shape index (κ3) is 3.88. The van der Waals surface area contributed by atoms with Crippen molar-refractivity contribution in [2.45, 2.75) is 58.1 Å². The highest BCUT2D eigenvalue weighted by Gasteiger charge is 2.58. The van der Waals surface area contributed by atoms with E-state index < -0.39 is 34.8 Å². The number of aromatic nitrogens is 2. The molecule has 0 aromatic carbocycles. The van der Waals surface area contributed by atoms with Gasteiger partial charge in [0.1, 0.15) is 6.61 Å². The number of hydrogen-bond donors (Lipinski definition) is 3. The molecular formula is C24H31BrN2O6. The quantitative estimate of drug-likeness (QED) is 0.403. The molecule has 0 saturated heterocycles. The lowest BCUT2D eigenvalue weighted by Gasteiger charge is -2.60. The molecule has 180 valence electrons. The number of hydrogen-bond acceptors (Lipinski definition) is 6. The molecule has 33 heavy (non-hydrogen) atoms. The minimum absolute atomic E-state index is 0.0541. The van der Waals surface area contributed by atoms with E-state index in [1.807, 2.05) is 6.92 Å². The van der Waals surface area contributed by atoms with Crippen molar-refractivity contribution in [2.75, 3.05) is 13.2 Å². The van der Waals surface area contributed by atoms with Crippen LogP contribution in [0.5, 0.6) is 0 Å². The number of allylic oxidation sites excluding steroid dienone is 1. The zero-order valence-corrected chi connectivity index (χ0v) is 20.6. The maximum atomic E-state index is 12.8. The zero-order chi connectivity index (χ0) is 24.1. The van der Waals surface area contributed by atoms with Gasteiger partial charge in [0.15, 0.2) is 0 Å². The molecule has 3 aliphatic rings. The van der Waals surface area contributed by atoms with Crippen LogP contribution in [0.2, 0.25) is 0 Å². The van der Waals surface area contributed by atoms with Gasteiger partial charge in [-0.2, -0.15) is 0 Å². The summed E-state index contributed by atoms with van der Waals surface area (Å²) in [6.07, 6.45) is 5.81. The third-order valence-electron chi connectivity index (χ3n) is 8.52. The van der Waals surface area contributed by atoms with Gasteiger partial charge in [0.05, 0.1) is 28.8 Å². The molecule has 6 atom stereocenters. The number of rotatable bonds is 5. The van der Waals surface area contributed by atoms with E-state index in [0.717, 1.165) is 24.8 Å². The molecule has 2 aliphatic carbocycles. The van der Waals surface area contributed by atoms with Crippen molar-refractivity contribution in [3.8, 4) is 0 Å². The van der Waals surface area contributed by atoms with Crippen LogP contribution in [0.1, 0.15) is 52.0 Å². The van der Waals surface area contributed by atoms with E-state index in [4.69, 9.17) is 4.74 Å². The molecule has 2 heterocycles. The number of aliphatic hydroxyl groups is 2. The number of H-pyrrole nitrogens is 1. The smallest absolute Gasteiger partial charge is 0.336 e. The lowest BCUT2D eigenvalue weighted by Crippen LogP contribution is -2.57. The molecule has 0 bridgehead atoms. The van der Waals surface area contributed by atoms with Crippen molar-refractivity contribution in [1.29, 1.82) is 0 Å². The van der Waals surface area contributed by atoms with Crippen LogP contribution >= 0.6 is 15.9 Å².